The maximum atomic E-state index is 12.5. The Bertz CT molecular complexity index is 664. The number of piperidine rings is 1. The molecule has 3 rings (SSSR count). The van der Waals surface area contributed by atoms with Gasteiger partial charge in [0.15, 0.2) is 0 Å². The van der Waals surface area contributed by atoms with Crippen LogP contribution in [0.4, 0.5) is 0 Å². The molecular weight excluding hydrogens is 300 g/mol. The van der Waals surface area contributed by atoms with Crippen molar-refractivity contribution < 1.29 is 23.9 Å². The van der Waals surface area contributed by atoms with Crippen molar-refractivity contribution in [3.63, 3.8) is 0 Å². The molecule has 23 heavy (non-hydrogen) atoms. The Morgan fingerprint density at radius 2 is 1.70 bits per heavy atom. The smallest absolute Gasteiger partial charge is 0.262 e. The van der Waals surface area contributed by atoms with Crippen molar-refractivity contribution >= 4 is 23.6 Å². The molecule has 1 aromatic carbocycles. The SMILES string of the molecule is CCOCN1C(=O)CCC(N2C(=O)c3ccccc3C2=O)C1=O. The molecule has 7 heteroatoms. The van der Waals surface area contributed by atoms with E-state index in [-0.39, 0.29) is 25.5 Å². The van der Waals surface area contributed by atoms with Crippen molar-refractivity contribution in [2.75, 3.05) is 13.3 Å². The molecule has 2 aliphatic rings. The topological polar surface area (TPSA) is 84.0 Å². The van der Waals surface area contributed by atoms with Crippen molar-refractivity contribution in [2.45, 2.75) is 25.8 Å². The van der Waals surface area contributed by atoms with Crippen molar-refractivity contribution in [2.24, 2.45) is 0 Å². The minimum atomic E-state index is -0.958. The first-order valence-corrected chi connectivity index (χ1v) is 7.45. The predicted octanol–water partition coefficient (Wildman–Crippen LogP) is 0.794. The van der Waals surface area contributed by atoms with Crippen LogP contribution >= 0.6 is 0 Å². The molecule has 0 spiro atoms. The fourth-order valence-electron chi connectivity index (χ4n) is 2.87. The third-order valence-electron chi connectivity index (χ3n) is 4.05. The second-order valence-corrected chi connectivity index (χ2v) is 5.36. The fraction of sp³-hybridized carbons (Fsp3) is 0.375. The van der Waals surface area contributed by atoms with Crippen molar-refractivity contribution in [1.82, 2.24) is 9.80 Å². The van der Waals surface area contributed by atoms with Crippen LogP contribution in [0.2, 0.25) is 0 Å². The first kappa shape index (κ1) is 15.4. The van der Waals surface area contributed by atoms with Crippen LogP contribution in [0.3, 0.4) is 0 Å². The van der Waals surface area contributed by atoms with Gasteiger partial charge in [0.1, 0.15) is 12.8 Å². The number of ether oxygens (including phenoxy) is 1. The summed E-state index contributed by atoms with van der Waals surface area (Å²) in [5, 5.41) is 0. The molecule has 0 aromatic heterocycles. The molecule has 120 valence electrons. The summed E-state index contributed by atoms with van der Waals surface area (Å²) in [5.74, 6) is -1.90. The first-order chi connectivity index (χ1) is 11.1. The lowest BCUT2D eigenvalue weighted by atomic mass is 10.0. The van der Waals surface area contributed by atoms with Crippen LogP contribution in [0, 0.1) is 0 Å². The second kappa shape index (κ2) is 5.92. The summed E-state index contributed by atoms with van der Waals surface area (Å²) < 4.78 is 5.14. The second-order valence-electron chi connectivity index (χ2n) is 5.36. The highest BCUT2D eigenvalue weighted by Gasteiger charge is 2.46. The summed E-state index contributed by atoms with van der Waals surface area (Å²) >= 11 is 0. The molecule has 2 aliphatic heterocycles. The largest absolute Gasteiger partial charge is 0.361 e. The van der Waals surface area contributed by atoms with Gasteiger partial charge in [0.25, 0.3) is 17.7 Å². The Morgan fingerprint density at radius 1 is 1.09 bits per heavy atom. The van der Waals surface area contributed by atoms with E-state index in [1.165, 1.54) is 0 Å². The molecule has 0 saturated carbocycles. The van der Waals surface area contributed by atoms with E-state index < -0.39 is 23.8 Å². The number of hydrogen-bond acceptors (Lipinski definition) is 5. The van der Waals surface area contributed by atoms with Crippen LogP contribution in [0.1, 0.15) is 40.5 Å². The number of carbonyl (C=O) groups is 4. The van der Waals surface area contributed by atoms with E-state index in [4.69, 9.17) is 4.74 Å². The summed E-state index contributed by atoms with van der Waals surface area (Å²) in [7, 11) is 0. The number of carbonyl (C=O) groups excluding carboxylic acids is 4. The number of fused-ring (bicyclic) bond motifs is 1. The summed E-state index contributed by atoms with van der Waals surface area (Å²) in [6.45, 7) is 1.95. The lowest BCUT2D eigenvalue weighted by Crippen LogP contribution is -2.56. The maximum absolute atomic E-state index is 12.5. The van der Waals surface area contributed by atoms with Crippen LogP contribution < -0.4 is 0 Å². The average Bonchev–Trinajstić information content (AvgIpc) is 2.80. The highest BCUT2D eigenvalue weighted by molar-refractivity contribution is 6.23. The first-order valence-electron chi connectivity index (χ1n) is 7.45. The number of imide groups is 2. The van der Waals surface area contributed by atoms with E-state index in [1.807, 2.05) is 0 Å². The molecule has 4 amide bonds. The van der Waals surface area contributed by atoms with E-state index in [9.17, 15) is 19.2 Å². The third kappa shape index (κ3) is 2.43. The third-order valence-corrected chi connectivity index (χ3v) is 4.05. The Kier molecular flexibility index (Phi) is 3.96. The van der Waals surface area contributed by atoms with E-state index in [0.717, 1.165) is 9.80 Å². The minimum absolute atomic E-state index is 0.0941. The number of likely N-dealkylation sites (tertiary alicyclic amines) is 1. The van der Waals surface area contributed by atoms with Crippen molar-refractivity contribution in [3.05, 3.63) is 35.4 Å². The van der Waals surface area contributed by atoms with Gasteiger partial charge in [0.2, 0.25) is 5.91 Å². The molecule has 1 unspecified atom stereocenters. The van der Waals surface area contributed by atoms with Gasteiger partial charge < -0.3 is 4.74 Å². The number of rotatable bonds is 4. The van der Waals surface area contributed by atoms with Gasteiger partial charge in [-0.3, -0.25) is 29.0 Å². The van der Waals surface area contributed by atoms with Gasteiger partial charge in [0.05, 0.1) is 11.1 Å². The maximum Gasteiger partial charge on any atom is 0.262 e. The van der Waals surface area contributed by atoms with Gasteiger partial charge in [-0.25, -0.2) is 0 Å². The minimum Gasteiger partial charge on any atom is -0.361 e. The quantitative estimate of drug-likeness (QED) is 0.767. The molecule has 1 aromatic rings. The van der Waals surface area contributed by atoms with Gasteiger partial charge in [-0.2, -0.15) is 0 Å². The van der Waals surface area contributed by atoms with E-state index in [0.29, 0.717) is 17.7 Å². The lowest BCUT2D eigenvalue weighted by molar-refractivity contribution is -0.157. The molecular formula is C16H16N2O5. The fourth-order valence-corrected chi connectivity index (χ4v) is 2.87. The van der Waals surface area contributed by atoms with E-state index >= 15 is 0 Å². The highest BCUT2D eigenvalue weighted by Crippen LogP contribution is 2.28. The average molecular weight is 316 g/mol. The highest BCUT2D eigenvalue weighted by atomic mass is 16.5. The van der Waals surface area contributed by atoms with Gasteiger partial charge in [0, 0.05) is 13.0 Å². The Balaban J connectivity index is 1.88. The number of hydrogen-bond donors (Lipinski definition) is 0. The zero-order valence-corrected chi connectivity index (χ0v) is 12.7. The zero-order valence-electron chi connectivity index (χ0n) is 12.7. The van der Waals surface area contributed by atoms with Crippen LogP contribution in [-0.4, -0.2) is 52.8 Å². The molecule has 7 nitrogen and oxygen atoms in total. The summed E-state index contributed by atoms with van der Waals surface area (Å²) in [6.07, 6.45) is 0.239. The van der Waals surface area contributed by atoms with Crippen LogP contribution in [0.15, 0.2) is 24.3 Å². The Labute approximate surface area is 132 Å². The Morgan fingerprint density at radius 3 is 2.26 bits per heavy atom. The number of nitrogens with zero attached hydrogens (tertiary/aromatic N) is 2. The Hall–Kier alpha value is -2.54. The normalized spacial score (nSPS) is 21.2. The van der Waals surface area contributed by atoms with Crippen LogP contribution in [0.5, 0.6) is 0 Å². The molecule has 0 radical (unpaired) electrons. The molecule has 1 fully saturated rings. The molecule has 1 saturated heterocycles. The van der Waals surface area contributed by atoms with Crippen molar-refractivity contribution in [1.29, 1.82) is 0 Å². The zero-order chi connectivity index (χ0) is 16.6. The van der Waals surface area contributed by atoms with Gasteiger partial charge in [-0.05, 0) is 25.5 Å². The van der Waals surface area contributed by atoms with Gasteiger partial charge >= 0.3 is 0 Å². The molecule has 2 heterocycles. The van der Waals surface area contributed by atoms with Crippen LogP contribution in [-0.2, 0) is 14.3 Å². The lowest BCUT2D eigenvalue weighted by Gasteiger charge is -2.34. The predicted molar refractivity (Wildman–Crippen MR) is 78.3 cm³/mol. The van der Waals surface area contributed by atoms with Gasteiger partial charge in [-0.15, -0.1) is 0 Å². The van der Waals surface area contributed by atoms with E-state index in [1.54, 1.807) is 31.2 Å². The summed E-state index contributed by atoms with van der Waals surface area (Å²) in [5.41, 5.74) is 0.581. The van der Waals surface area contributed by atoms with Crippen molar-refractivity contribution in [3.8, 4) is 0 Å². The number of amides is 4. The monoisotopic (exact) mass is 316 g/mol. The molecule has 1 atom stereocenters. The molecule has 0 N–H and O–H groups in total. The molecule has 0 bridgehead atoms. The van der Waals surface area contributed by atoms with Gasteiger partial charge in [-0.1, -0.05) is 12.1 Å². The van der Waals surface area contributed by atoms with Crippen LogP contribution in [0.25, 0.3) is 0 Å². The number of benzene rings is 1. The molecule has 0 aliphatic carbocycles. The summed E-state index contributed by atoms with van der Waals surface area (Å²) in [6, 6.07) is 5.50. The summed E-state index contributed by atoms with van der Waals surface area (Å²) in [4.78, 5) is 51.3. The standard InChI is InChI=1S/C16H16N2O5/c1-2-23-9-17-13(19)8-7-12(16(17)22)18-14(20)10-5-3-4-6-11(10)15(18)21/h3-6,12H,2,7-9H2,1H3. The van der Waals surface area contributed by atoms with E-state index in [2.05, 4.69) is 0 Å².